The second-order valence-electron chi connectivity index (χ2n) is 9.30. The fourth-order valence-electron chi connectivity index (χ4n) is 4.91. The van der Waals surface area contributed by atoms with Gasteiger partial charge < -0.3 is 10.2 Å². The maximum atomic E-state index is 13.6. The number of nitrogens with one attached hydrogen (secondary N) is 1. The van der Waals surface area contributed by atoms with Gasteiger partial charge in [0.25, 0.3) is 15.9 Å². The summed E-state index contributed by atoms with van der Waals surface area (Å²) < 4.78 is 26.6. The number of halogens is 2. The van der Waals surface area contributed by atoms with Crippen molar-refractivity contribution in [2.24, 2.45) is 0 Å². The predicted molar refractivity (Wildman–Crippen MR) is 141 cm³/mol. The third-order valence-electron chi connectivity index (χ3n) is 6.88. The Hall–Kier alpha value is -2.62. The number of hydrogen-bond acceptors (Lipinski definition) is 5. The van der Waals surface area contributed by atoms with E-state index in [9.17, 15) is 22.8 Å². The maximum Gasteiger partial charge on any atom is 0.269 e. The molecule has 0 saturated heterocycles. The molecule has 1 atom stereocenters. The number of carbonyl (C=O) groups is 3. The van der Waals surface area contributed by atoms with Gasteiger partial charge in [-0.3, -0.25) is 14.4 Å². The monoisotopic (exact) mass is 565 g/mol. The third kappa shape index (κ3) is 5.78. The molecule has 0 spiro atoms. The quantitative estimate of drug-likeness (QED) is 0.485. The van der Waals surface area contributed by atoms with Gasteiger partial charge in [0.2, 0.25) is 11.8 Å². The van der Waals surface area contributed by atoms with Crippen molar-refractivity contribution in [1.29, 1.82) is 0 Å². The molecule has 11 heteroatoms. The van der Waals surface area contributed by atoms with E-state index in [-0.39, 0.29) is 41.9 Å². The zero-order chi connectivity index (χ0) is 26.7. The summed E-state index contributed by atoms with van der Waals surface area (Å²) in [7, 11) is -4.05. The van der Waals surface area contributed by atoms with Crippen LogP contribution in [0.3, 0.4) is 0 Å². The number of rotatable bonds is 9. The summed E-state index contributed by atoms with van der Waals surface area (Å²) in [5.74, 6) is -1.38. The summed E-state index contributed by atoms with van der Waals surface area (Å²) >= 11 is 12.4. The van der Waals surface area contributed by atoms with Gasteiger partial charge in [0, 0.05) is 35.6 Å². The van der Waals surface area contributed by atoms with Crippen LogP contribution < -0.4 is 5.32 Å². The first-order valence-electron chi connectivity index (χ1n) is 12.3. The Bertz CT molecular complexity index is 1310. The molecule has 1 unspecified atom stereocenters. The van der Waals surface area contributed by atoms with E-state index < -0.39 is 27.9 Å². The second-order valence-corrected chi connectivity index (χ2v) is 12.0. The van der Waals surface area contributed by atoms with Gasteiger partial charge >= 0.3 is 0 Å². The van der Waals surface area contributed by atoms with Crippen molar-refractivity contribution in [1.82, 2.24) is 14.5 Å². The Morgan fingerprint density at radius 1 is 1.14 bits per heavy atom. The molecule has 37 heavy (non-hydrogen) atoms. The normalized spacial score (nSPS) is 17.5. The van der Waals surface area contributed by atoms with E-state index in [1.165, 1.54) is 17.0 Å². The molecule has 1 fully saturated rings. The lowest BCUT2D eigenvalue weighted by Crippen LogP contribution is -2.51. The van der Waals surface area contributed by atoms with Gasteiger partial charge in [0.15, 0.2) is 0 Å². The summed E-state index contributed by atoms with van der Waals surface area (Å²) in [6, 6.07) is 10.2. The second kappa shape index (κ2) is 11.4. The van der Waals surface area contributed by atoms with Gasteiger partial charge in [-0.2, -0.15) is 0 Å². The van der Waals surface area contributed by atoms with Crippen LogP contribution in [-0.4, -0.2) is 54.0 Å². The highest BCUT2D eigenvalue weighted by Gasteiger charge is 2.41. The van der Waals surface area contributed by atoms with E-state index >= 15 is 0 Å². The van der Waals surface area contributed by atoms with Gasteiger partial charge in [0.05, 0.1) is 5.56 Å². The molecule has 4 rings (SSSR count). The fraction of sp³-hybridized carbons (Fsp3) is 0.423. The predicted octanol–water partition coefficient (Wildman–Crippen LogP) is 4.39. The smallest absolute Gasteiger partial charge is 0.269 e. The summed E-state index contributed by atoms with van der Waals surface area (Å²) in [4.78, 5) is 40.9. The van der Waals surface area contributed by atoms with Gasteiger partial charge in [-0.05, 0) is 49.1 Å². The first-order valence-corrected chi connectivity index (χ1v) is 14.5. The molecule has 0 bridgehead atoms. The largest absolute Gasteiger partial charge is 0.352 e. The highest BCUT2D eigenvalue weighted by Crippen LogP contribution is 2.30. The number of sulfonamides is 1. The minimum absolute atomic E-state index is 0.0341. The lowest BCUT2D eigenvalue weighted by Gasteiger charge is -2.32. The molecule has 1 aliphatic carbocycles. The van der Waals surface area contributed by atoms with E-state index in [0.29, 0.717) is 22.0 Å². The molecular weight excluding hydrogens is 537 g/mol. The lowest BCUT2D eigenvalue weighted by atomic mass is 10.1. The summed E-state index contributed by atoms with van der Waals surface area (Å²) in [6.45, 7) is 1.51. The van der Waals surface area contributed by atoms with Gasteiger partial charge in [0.1, 0.15) is 10.9 Å². The average molecular weight is 567 g/mol. The van der Waals surface area contributed by atoms with Crippen LogP contribution in [0.1, 0.15) is 61.4 Å². The van der Waals surface area contributed by atoms with Crippen LogP contribution >= 0.6 is 23.2 Å². The molecule has 8 nitrogen and oxygen atoms in total. The zero-order valence-corrected chi connectivity index (χ0v) is 22.8. The number of fused-ring (bicyclic) bond motifs is 1. The van der Waals surface area contributed by atoms with Crippen LogP contribution in [0.15, 0.2) is 47.4 Å². The Labute approximate surface area is 227 Å². The van der Waals surface area contributed by atoms with Crippen molar-refractivity contribution < 1.29 is 22.8 Å². The molecule has 3 amide bonds. The molecule has 198 valence electrons. The summed E-state index contributed by atoms with van der Waals surface area (Å²) in [5, 5.41) is 3.85. The summed E-state index contributed by atoms with van der Waals surface area (Å²) in [5.41, 5.74) is 0.686. The van der Waals surface area contributed by atoms with Crippen LogP contribution in [0.25, 0.3) is 0 Å². The number of hydrogen-bond donors (Lipinski definition) is 1. The molecule has 0 aromatic heterocycles. The van der Waals surface area contributed by atoms with Crippen molar-refractivity contribution >= 4 is 50.9 Å². The van der Waals surface area contributed by atoms with Crippen LogP contribution in [0.5, 0.6) is 0 Å². The third-order valence-corrected chi connectivity index (χ3v) is 9.31. The summed E-state index contributed by atoms with van der Waals surface area (Å²) in [6.07, 6.45) is 3.96. The molecule has 1 heterocycles. The average Bonchev–Trinajstić information content (AvgIpc) is 3.43. The first kappa shape index (κ1) is 27.4. The molecule has 1 N–H and O–H groups in total. The van der Waals surface area contributed by atoms with Gasteiger partial charge in [-0.15, -0.1) is 0 Å². The minimum Gasteiger partial charge on any atom is -0.352 e. The van der Waals surface area contributed by atoms with Crippen LogP contribution in [0.2, 0.25) is 10.0 Å². The van der Waals surface area contributed by atoms with Crippen LogP contribution in [0, 0.1) is 0 Å². The van der Waals surface area contributed by atoms with Crippen LogP contribution in [-0.2, 0) is 26.2 Å². The number of nitrogens with zero attached hydrogens (tertiary/aromatic N) is 2. The minimum atomic E-state index is -4.05. The Kier molecular flexibility index (Phi) is 8.46. The molecule has 1 saturated carbocycles. The Morgan fingerprint density at radius 2 is 1.84 bits per heavy atom. The maximum absolute atomic E-state index is 13.6. The molecule has 2 aliphatic rings. The van der Waals surface area contributed by atoms with E-state index in [2.05, 4.69) is 5.32 Å². The molecule has 0 radical (unpaired) electrons. The zero-order valence-electron chi connectivity index (χ0n) is 20.5. The number of carbonyl (C=O) groups excluding carboxylic acids is 3. The van der Waals surface area contributed by atoms with Crippen molar-refractivity contribution in [3.63, 3.8) is 0 Å². The van der Waals surface area contributed by atoms with E-state index in [4.69, 9.17) is 23.2 Å². The standard InChI is InChI=1S/C26H29Cl2N3O5S/c1-2-22(25(33)29-19-7-3-4-8-19)30(16-17-11-12-18(27)15-21(17)28)24(32)13-14-31-26(34)20-9-5-6-10-23(20)37(31,35)36/h5-6,9-12,15,19,22H,2-4,7-8,13-14,16H2,1H3,(H,29,33). The van der Waals surface area contributed by atoms with Gasteiger partial charge in [-0.25, -0.2) is 12.7 Å². The van der Waals surface area contributed by atoms with Crippen LogP contribution in [0.4, 0.5) is 0 Å². The fourth-order valence-corrected chi connectivity index (χ4v) is 6.95. The van der Waals surface area contributed by atoms with Crippen molar-refractivity contribution in [2.45, 2.75) is 69.0 Å². The highest BCUT2D eigenvalue weighted by atomic mass is 35.5. The van der Waals surface area contributed by atoms with E-state index in [1.54, 1.807) is 30.3 Å². The molecule has 2 aromatic rings. The van der Waals surface area contributed by atoms with Crippen molar-refractivity contribution in [3.05, 3.63) is 63.6 Å². The molecule has 1 aliphatic heterocycles. The van der Waals surface area contributed by atoms with Crippen molar-refractivity contribution in [2.75, 3.05) is 6.54 Å². The SMILES string of the molecule is CCC(C(=O)NC1CCCC1)N(Cc1ccc(Cl)cc1Cl)C(=O)CCN1C(=O)c2ccccc2S1(=O)=O. The lowest BCUT2D eigenvalue weighted by molar-refractivity contribution is -0.141. The van der Waals surface area contributed by atoms with Crippen molar-refractivity contribution in [3.8, 4) is 0 Å². The number of amides is 3. The van der Waals surface area contributed by atoms with Gasteiger partial charge in [-0.1, -0.05) is 61.2 Å². The molecule has 2 aromatic carbocycles. The Balaban J connectivity index is 1.56. The molecular formula is C26H29Cl2N3O5S. The highest BCUT2D eigenvalue weighted by molar-refractivity contribution is 7.90. The number of benzene rings is 2. The first-order chi connectivity index (χ1) is 17.6. The van der Waals surface area contributed by atoms with E-state index in [1.807, 2.05) is 6.92 Å². The Morgan fingerprint density at radius 3 is 2.49 bits per heavy atom. The van der Waals surface area contributed by atoms with E-state index in [0.717, 1.165) is 30.0 Å². The topological polar surface area (TPSA) is 104 Å².